The van der Waals surface area contributed by atoms with E-state index in [2.05, 4.69) is 0 Å². The number of hydrogen-bond acceptors (Lipinski definition) is 3. The fourth-order valence-corrected chi connectivity index (χ4v) is 5.09. The van der Waals surface area contributed by atoms with Gasteiger partial charge in [-0.3, -0.25) is 4.79 Å². The Balaban J connectivity index is 1.49. The summed E-state index contributed by atoms with van der Waals surface area (Å²) in [6.07, 6.45) is 7.87. The van der Waals surface area contributed by atoms with Crippen molar-refractivity contribution in [1.29, 1.82) is 0 Å². The SMILES string of the molecule is O=C(C[NH+]1CCCCCCC1)N1CCN(S(=O)(=O)/C=C/c2ccccc2)CC1. The van der Waals surface area contributed by atoms with Crippen molar-refractivity contribution >= 4 is 22.0 Å². The quantitative estimate of drug-likeness (QED) is 0.793. The molecule has 0 radical (unpaired) electrons. The Kier molecular flexibility index (Phi) is 7.65. The number of nitrogens with one attached hydrogen (secondary N) is 1. The Morgan fingerprint density at radius 3 is 2.18 bits per heavy atom. The predicted octanol–water partition coefficient (Wildman–Crippen LogP) is 0.980. The van der Waals surface area contributed by atoms with Gasteiger partial charge in [-0.05, 0) is 37.3 Å². The number of carbonyl (C=O) groups is 1. The number of nitrogens with zero attached hydrogens (tertiary/aromatic N) is 2. The zero-order valence-corrected chi connectivity index (χ0v) is 17.4. The summed E-state index contributed by atoms with van der Waals surface area (Å²) in [5.41, 5.74) is 0.858. The largest absolute Gasteiger partial charge is 0.335 e. The van der Waals surface area contributed by atoms with Gasteiger partial charge in [0.1, 0.15) is 0 Å². The molecule has 0 aliphatic carbocycles. The van der Waals surface area contributed by atoms with Crippen LogP contribution in [0.15, 0.2) is 35.7 Å². The Labute approximate surface area is 168 Å². The Bertz CT molecular complexity index is 748. The van der Waals surface area contributed by atoms with Gasteiger partial charge in [0.05, 0.1) is 13.1 Å². The van der Waals surface area contributed by atoms with Gasteiger partial charge >= 0.3 is 0 Å². The van der Waals surface area contributed by atoms with Gasteiger partial charge in [0.2, 0.25) is 10.0 Å². The molecule has 0 atom stereocenters. The topological polar surface area (TPSA) is 62.1 Å². The third-order valence-corrected chi connectivity index (χ3v) is 7.21. The molecule has 154 valence electrons. The van der Waals surface area contributed by atoms with Gasteiger partial charge in [-0.15, -0.1) is 0 Å². The van der Waals surface area contributed by atoms with Gasteiger partial charge in [0, 0.05) is 31.6 Å². The molecule has 0 bridgehead atoms. The smallest absolute Gasteiger partial charge is 0.277 e. The van der Waals surface area contributed by atoms with Crippen molar-refractivity contribution in [2.24, 2.45) is 0 Å². The number of benzene rings is 1. The number of piperazine rings is 1. The molecule has 6 nitrogen and oxygen atoms in total. The number of sulfonamides is 1. The molecule has 0 saturated carbocycles. The van der Waals surface area contributed by atoms with E-state index in [1.807, 2.05) is 35.2 Å². The molecule has 7 heteroatoms. The van der Waals surface area contributed by atoms with E-state index in [0.29, 0.717) is 32.7 Å². The third kappa shape index (κ3) is 6.15. The first kappa shape index (κ1) is 21.0. The zero-order chi connectivity index (χ0) is 19.8. The van der Waals surface area contributed by atoms with Crippen LogP contribution in [-0.2, 0) is 14.8 Å². The van der Waals surface area contributed by atoms with Crippen molar-refractivity contribution in [1.82, 2.24) is 9.21 Å². The molecular formula is C21H32N3O3S+. The number of rotatable bonds is 5. The van der Waals surface area contributed by atoms with Crippen LogP contribution in [0.25, 0.3) is 6.08 Å². The van der Waals surface area contributed by atoms with Crippen LogP contribution >= 0.6 is 0 Å². The third-order valence-electron chi connectivity index (χ3n) is 5.65. The molecule has 28 heavy (non-hydrogen) atoms. The summed E-state index contributed by atoms with van der Waals surface area (Å²) >= 11 is 0. The van der Waals surface area contributed by atoms with Crippen molar-refractivity contribution in [3.05, 3.63) is 41.3 Å². The summed E-state index contributed by atoms with van der Waals surface area (Å²) in [4.78, 5) is 15.9. The number of likely N-dealkylation sites (tertiary alicyclic amines) is 1. The van der Waals surface area contributed by atoms with Crippen molar-refractivity contribution in [3.8, 4) is 0 Å². The highest BCUT2D eigenvalue weighted by atomic mass is 32.2. The summed E-state index contributed by atoms with van der Waals surface area (Å²) in [5, 5.41) is 1.27. The number of amides is 1. The number of quaternary nitrogens is 1. The minimum absolute atomic E-state index is 0.160. The average Bonchev–Trinajstić information content (AvgIpc) is 2.69. The second kappa shape index (κ2) is 10.2. The number of carbonyl (C=O) groups excluding carboxylic acids is 1. The lowest BCUT2D eigenvalue weighted by molar-refractivity contribution is -0.893. The predicted molar refractivity (Wildman–Crippen MR) is 111 cm³/mol. The van der Waals surface area contributed by atoms with Crippen LogP contribution in [0.2, 0.25) is 0 Å². The second-order valence-corrected chi connectivity index (χ2v) is 9.55. The number of hydrogen-bond donors (Lipinski definition) is 1. The van der Waals surface area contributed by atoms with Crippen molar-refractivity contribution in [2.75, 3.05) is 45.8 Å². The molecule has 0 unspecified atom stereocenters. The fraction of sp³-hybridized carbons (Fsp3) is 0.571. The Morgan fingerprint density at radius 2 is 1.54 bits per heavy atom. The molecule has 1 N–H and O–H groups in total. The summed E-state index contributed by atoms with van der Waals surface area (Å²) in [6, 6.07) is 9.40. The lowest BCUT2D eigenvalue weighted by atomic mass is 10.1. The molecule has 1 amide bonds. The first-order valence-corrected chi connectivity index (χ1v) is 11.9. The maximum Gasteiger partial charge on any atom is 0.277 e. The molecular weight excluding hydrogens is 374 g/mol. The van der Waals surface area contributed by atoms with E-state index in [1.54, 1.807) is 6.08 Å². The summed E-state index contributed by atoms with van der Waals surface area (Å²) in [6.45, 7) is 4.37. The lowest BCUT2D eigenvalue weighted by Gasteiger charge is -2.34. The van der Waals surface area contributed by atoms with Gasteiger partial charge in [0.15, 0.2) is 6.54 Å². The van der Waals surface area contributed by atoms with E-state index in [-0.39, 0.29) is 5.91 Å². The monoisotopic (exact) mass is 406 g/mol. The normalized spacial score (nSPS) is 20.8. The van der Waals surface area contributed by atoms with E-state index in [0.717, 1.165) is 18.7 Å². The zero-order valence-electron chi connectivity index (χ0n) is 16.6. The van der Waals surface area contributed by atoms with Crippen LogP contribution in [0, 0.1) is 0 Å². The molecule has 2 aliphatic rings. The lowest BCUT2D eigenvalue weighted by Crippen LogP contribution is -3.13. The van der Waals surface area contributed by atoms with Gasteiger partial charge in [0.25, 0.3) is 5.91 Å². The van der Waals surface area contributed by atoms with E-state index in [4.69, 9.17) is 0 Å². The summed E-state index contributed by atoms with van der Waals surface area (Å²) in [5.74, 6) is 0.160. The van der Waals surface area contributed by atoms with E-state index in [9.17, 15) is 13.2 Å². The fourth-order valence-electron chi connectivity index (χ4n) is 3.91. The van der Waals surface area contributed by atoms with Crippen molar-refractivity contribution in [2.45, 2.75) is 32.1 Å². The standard InChI is InChI=1S/C21H31N3O3S/c25-21(19-22-12-7-2-1-3-8-13-22)23-14-16-24(17-15-23)28(26,27)18-11-20-9-5-4-6-10-20/h4-6,9-11,18H,1-3,7-8,12-17,19H2/p+1/b18-11+. The molecule has 3 rings (SSSR count). The van der Waals surface area contributed by atoms with E-state index < -0.39 is 10.0 Å². The Hall–Kier alpha value is -1.70. The molecule has 1 aromatic carbocycles. The van der Waals surface area contributed by atoms with Crippen LogP contribution in [-0.4, -0.2) is 69.3 Å². The minimum Gasteiger partial charge on any atom is -0.335 e. The van der Waals surface area contributed by atoms with Gasteiger partial charge < -0.3 is 9.80 Å². The van der Waals surface area contributed by atoms with Crippen LogP contribution in [0.4, 0.5) is 0 Å². The van der Waals surface area contributed by atoms with Gasteiger partial charge in [-0.25, -0.2) is 8.42 Å². The maximum absolute atomic E-state index is 12.7. The van der Waals surface area contributed by atoms with Crippen LogP contribution in [0.3, 0.4) is 0 Å². The van der Waals surface area contributed by atoms with Crippen LogP contribution in [0.5, 0.6) is 0 Å². The van der Waals surface area contributed by atoms with Crippen molar-refractivity contribution < 1.29 is 18.1 Å². The summed E-state index contributed by atoms with van der Waals surface area (Å²) in [7, 11) is -3.46. The van der Waals surface area contributed by atoms with Crippen molar-refractivity contribution in [3.63, 3.8) is 0 Å². The summed E-state index contributed by atoms with van der Waals surface area (Å²) < 4.78 is 26.6. The second-order valence-electron chi connectivity index (χ2n) is 7.73. The first-order chi connectivity index (χ1) is 13.5. The molecule has 2 saturated heterocycles. The molecule has 0 spiro atoms. The highest BCUT2D eigenvalue weighted by Gasteiger charge is 2.29. The highest BCUT2D eigenvalue weighted by Crippen LogP contribution is 2.11. The molecule has 2 aliphatic heterocycles. The molecule has 2 fully saturated rings. The highest BCUT2D eigenvalue weighted by molar-refractivity contribution is 7.92. The van der Waals surface area contributed by atoms with Gasteiger partial charge in [-0.2, -0.15) is 4.31 Å². The van der Waals surface area contributed by atoms with Crippen LogP contribution < -0.4 is 4.90 Å². The molecule has 2 heterocycles. The van der Waals surface area contributed by atoms with Gasteiger partial charge in [-0.1, -0.05) is 36.8 Å². The molecule has 1 aromatic rings. The van der Waals surface area contributed by atoms with E-state index in [1.165, 1.54) is 46.7 Å². The Morgan fingerprint density at radius 1 is 0.929 bits per heavy atom. The van der Waals surface area contributed by atoms with Crippen LogP contribution in [0.1, 0.15) is 37.7 Å². The minimum atomic E-state index is -3.46. The molecule has 0 aromatic heterocycles. The average molecular weight is 407 g/mol. The van der Waals surface area contributed by atoms with E-state index >= 15 is 0 Å². The maximum atomic E-state index is 12.7. The first-order valence-electron chi connectivity index (χ1n) is 10.4.